The summed E-state index contributed by atoms with van der Waals surface area (Å²) in [4.78, 5) is 6.61. The second kappa shape index (κ2) is 5.32. The van der Waals surface area contributed by atoms with Crippen LogP contribution >= 0.6 is 0 Å². The zero-order chi connectivity index (χ0) is 15.9. The molecule has 112 valence electrons. The standard InChI is InChI=1S/C17H18N4O/c1-11-8-16(20(3)10-12(2)22)21-15-7-5-4-6-14(15)19-17(21)13(11)9-18/h4-8,12,22H,10H2,1-3H3. The molecule has 0 bridgehead atoms. The third kappa shape index (κ3) is 2.18. The lowest BCUT2D eigenvalue weighted by Crippen LogP contribution is -2.28. The van der Waals surface area contributed by atoms with Gasteiger partial charge in [-0.25, -0.2) is 4.98 Å². The number of benzene rings is 1. The third-order valence-corrected chi connectivity index (χ3v) is 3.79. The third-order valence-electron chi connectivity index (χ3n) is 3.79. The Hall–Kier alpha value is -2.58. The van der Waals surface area contributed by atoms with E-state index in [4.69, 9.17) is 0 Å². The van der Waals surface area contributed by atoms with Gasteiger partial charge in [0.05, 0.1) is 22.7 Å². The number of hydrogen-bond donors (Lipinski definition) is 1. The normalized spacial score (nSPS) is 12.5. The van der Waals surface area contributed by atoms with Crippen molar-refractivity contribution in [3.8, 4) is 6.07 Å². The minimum atomic E-state index is -0.439. The molecule has 5 nitrogen and oxygen atoms in total. The summed E-state index contributed by atoms with van der Waals surface area (Å²) in [7, 11) is 1.93. The van der Waals surface area contributed by atoms with Gasteiger partial charge in [0.2, 0.25) is 0 Å². The molecule has 1 N–H and O–H groups in total. The van der Waals surface area contributed by atoms with Crippen LogP contribution in [0.4, 0.5) is 5.82 Å². The summed E-state index contributed by atoms with van der Waals surface area (Å²) in [6, 6.07) is 12.1. The monoisotopic (exact) mass is 294 g/mol. The molecule has 2 aromatic heterocycles. The van der Waals surface area contributed by atoms with Crippen LogP contribution in [0.5, 0.6) is 0 Å². The molecule has 3 rings (SSSR count). The van der Waals surface area contributed by atoms with Crippen LogP contribution in [0, 0.1) is 18.3 Å². The summed E-state index contributed by atoms with van der Waals surface area (Å²) in [6.07, 6.45) is -0.439. The molecule has 3 aromatic rings. The van der Waals surface area contributed by atoms with Gasteiger partial charge in [-0.3, -0.25) is 4.40 Å². The first-order chi connectivity index (χ1) is 10.5. The van der Waals surface area contributed by atoms with Crippen LogP contribution < -0.4 is 4.90 Å². The second-order valence-corrected chi connectivity index (χ2v) is 5.66. The number of rotatable bonds is 3. The summed E-state index contributed by atoms with van der Waals surface area (Å²) in [6.45, 7) is 4.18. The van der Waals surface area contributed by atoms with Crippen molar-refractivity contribution in [1.29, 1.82) is 5.26 Å². The molecule has 22 heavy (non-hydrogen) atoms. The van der Waals surface area contributed by atoms with Gasteiger partial charge in [-0.15, -0.1) is 0 Å². The molecule has 1 aromatic carbocycles. The van der Waals surface area contributed by atoms with Gasteiger partial charge >= 0.3 is 0 Å². The Labute approximate surface area is 129 Å². The van der Waals surface area contributed by atoms with Crippen molar-refractivity contribution < 1.29 is 5.11 Å². The van der Waals surface area contributed by atoms with Crippen LogP contribution in [0.2, 0.25) is 0 Å². The van der Waals surface area contributed by atoms with Gasteiger partial charge in [-0.2, -0.15) is 5.26 Å². The minimum Gasteiger partial charge on any atom is -0.392 e. The van der Waals surface area contributed by atoms with E-state index in [1.165, 1.54) is 0 Å². The van der Waals surface area contributed by atoms with Crippen molar-refractivity contribution in [2.45, 2.75) is 20.0 Å². The second-order valence-electron chi connectivity index (χ2n) is 5.66. The van der Waals surface area contributed by atoms with Gasteiger partial charge in [0.25, 0.3) is 0 Å². The van der Waals surface area contributed by atoms with Crippen LogP contribution in [0.25, 0.3) is 16.7 Å². The molecule has 0 saturated carbocycles. The van der Waals surface area contributed by atoms with Gasteiger partial charge in [-0.05, 0) is 37.6 Å². The Morgan fingerprint density at radius 1 is 1.41 bits per heavy atom. The van der Waals surface area contributed by atoms with E-state index in [0.717, 1.165) is 22.4 Å². The van der Waals surface area contributed by atoms with Crippen LogP contribution in [-0.4, -0.2) is 34.2 Å². The first-order valence-electron chi connectivity index (χ1n) is 7.23. The average molecular weight is 294 g/mol. The van der Waals surface area contributed by atoms with Crippen molar-refractivity contribution in [2.24, 2.45) is 0 Å². The van der Waals surface area contributed by atoms with Gasteiger partial charge in [0, 0.05) is 13.6 Å². The maximum Gasteiger partial charge on any atom is 0.157 e. The first-order valence-corrected chi connectivity index (χ1v) is 7.23. The lowest BCUT2D eigenvalue weighted by atomic mass is 10.1. The zero-order valence-corrected chi connectivity index (χ0v) is 12.9. The number of hydrogen-bond acceptors (Lipinski definition) is 4. The number of pyridine rings is 1. The molecular formula is C17H18N4O. The first kappa shape index (κ1) is 14.4. The van der Waals surface area contributed by atoms with E-state index in [2.05, 4.69) is 11.1 Å². The van der Waals surface area contributed by atoms with E-state index in [9.17, 15) is 10.4 Å². The van der Waals surface area contributed by atoms with E-state index in [1.807, 2.05) is 53.6 Å². The highest BCUT2D eigenvalue weighted by Crippen LogP contribution is 2.28. The number of anilines is 1. The largest absolute Gasteiger partial charge is 0.392 e. The topological polar surface area (TPSA) is 64.6 Å². The summed E-state index contributed by atoms with van der Waals surface area (Å²) in [5.74, 6) is 0.918. The van der Waals surface area contributed by atoms with Crippen LogP contribution in [-0.2, 0) is 0 Å². The van der Waals surface area contributed by atoms with Gasteiger partial charge in [-0.1, -0.05) is 12.1 Å². The number of aryl methyl sites for hydroxylation is 1. The molecule has 0 spiro atoms. The number of para-hydroxylation sites is 2. The zero-order valence-electron chi connectivity index (χ0n) is 12.9. The summed E-state index contributed by atoms with van der Waals surface area (Å²) in [5, 5.41) is 19.1. The van der Waals surface area contributed by atoms with Crippen LogP contribution in [0.15, 0.2) is 30.3 Å². The molecule has 0 fully saturated rings. The average Bonchev–Trinajstić information content (AvgIpc) is 2.84. The Balaban J connectivity index is 2.39. The molecule has 1 atom stereocenters. The van der Waals surface area contributed by atoms with E-state index in [-0.39, 0.29) is 0 Å². The Kier molecular flexibility index (Phi) is 3.47. The predicted octanol–water partition coefficient (Wildman–Crippen LogP) is 2.48. The minimum absolute atomic E-state index is 0.439. The molecule has 0 aliphatic rings. The number of aliphatic hydroxyl groups is 1. The molecule has 0 aliphatic heterocycles. The van der Waals surface area contributed by atoms with Crippen molar-refractivity contribution >= 4 is 22.5 Å². The van der Waals surface area contributed by atoms with Crippen LogP contribution in [0.1, 0.15) is 18.1 Å². The number of fused-ring (bicyclic) bond motifs is 3. The molecule has 0 aliphatic carbocycles. The molecule has 2 heterocycles. The summed E-state index contributed by atoms with van der Waals surface area (Å²) >= 11 is 0. The molecule has 0 amide bonds. The van der Waals surface area contributed by atoms with E-state index >= 15 is 0 Å². The number of likely N-dealkylation sites (N-methyl/N-ethyl adjacent to an activating group) is 1. The highest BCUT2D eigenvalue weighted by atomic mass is 16.3. The molecule has 1 unspecified atom stereocenters. The Bertz CT molecular complexity index is 889. The van der Waals surface area contributed by atoms with Gasteiger partial charge in [0.1, 0.15) is 11.9 Å². The Morgan fingerprint density at radius 2 is 2.14 bits per heavy atom. The SMILES string of the molecule is Cc1cc(N(C)CC(C)O)n2c(nc3ccccc32)c1C#N. The number of imidazole rings is 1. The fourth-order valence-electron chi connectivity index (χ4n) is 2.84. The van der Waals surface area contributed by atoms with E-state index in [1.54, 1.807) is 6.92 Å². The Morgan fingerprint density at radius 3 is 2.82 bits per heavy atom. The smallest absolute Gasteiger partial charge is 0.157 e. The maximum absolute atomic E-state index is 9.67. The molecular weight excluding hydrogens is 276 g/mol. The lowest BCUT2D eigenvalue weighted by molar-refractivity contribution is 0.201. The molecule has 5 heteroatoms. The number of nitrogens with zero attached hydrogens (tertiary/aromatic N) is 4. The maximum atomic E-state index is 9.67. The number of nitriles is 1. The predicted molar refractivity (Wildman–Crippen MR) is 87.1 cm³/mol. The lowest BCUT2D eigenvalue weighted by Gasteiger charge is -2.23. The van der Waals surface area contributed by atoms with Gasteiger partial charge in [0.15, 0.2) is 5.65 Å². The van der Waals surface area contributed by atoms with Gasteiger partial charge < -0.3 is 10.0 Å². The quantitative estimate of drug-likeness (QED) is 0.806. The number of aliphatic hydroxyl groups excluding tert-OH is 1. The molecule has 0 radical (unpaired) electrons. The summed E-state index contributed by atoms with van der Waals surface area (Å²) in [5.41, 5.74) is 3.96. The molecule has 0 saturated heterocycles. The fraction of sp³-hybridized carbons (Fsp3) is 0.294. The van der Waals surface area contributed by atoms with Crippen molar-refractivity contribution in [3.63, 3.8) is 0 Å². The highest BCUT2D eigenvalue weighted by molar-refractivity contribution is 5.85. The van der Waals surface area contributed by atoms with Crippen molar-refractivity contribution in [3.05, 3.63) is 41.5 Å². The fourth-order valence-corrected chi connectivity index (χ4v) is 2.84. The van der Waals surface area contributed by atoms with Crippen LogP contribution in [0.3, 0.4) is 0 Å². The van der Waals surface area contributed by atoms with E-state index < -0.39 is 6.10 Å². The summed E-state index contributed by atoms with van der Waals surface area (Å²) < 4.78 is 1.99. The van der Waals surface area contributed by atoms with E-state index in [0.29, 0.717) is 17.8 Å². The number of aromatic nitrogens is 2. The highest BCUT2D eigenvalue weighted by Gasteiger charge is 2.17. The van der Waals surface area contributed by atoms with Crippen molar-refractivity contribution in [2.75, 3.05) is 18.5 Å². The van der Waals surface area contributed by atoms with Crippen molar-refractivity contribution in [1.82, 2.24) is 9.38 Å².